The Hall–Kier alpha value is -2.75. The molecule has 0 N–H and O–H groups in total. The van der Waals surface area contributed by atoms with Crippen LogP contribution in [-0.4, -0.2) is 31.1 Å². The first-order valence-corrected chi connectivity index (χ1v) is 12.1. The van der Waals surface area contributed by atoms with Crippen molar-refractivity contribution in [2.75, 3.05) is 4.90 Å². The van der Waals surface area contributed by atoms with E-state index in [2.05, 4.69) is 34.6 Å². The lowest BCUT2D eigenvalue weighted by Crippen LogP contribution is -2.24. The molecule has 10 heteroatoms. The van der Waals surface area contributed by atoms with Crippen LogP contribution in [0.25, 0.3) is 5.69 Å². The fraction of sp³-hybridized carbons (Fsp3) is 0.227. The number of nitrogens with zero attached hydrogens (tertiary/aromatic N) is 6. The molecule has 0 saturated carbocycles. The second-order valence-electron chi connectivity index (χ2n) is 7.36. The Bertz CT molecular complexity index is 1240. The fourth-order valence-electron chi connectivity index (χ4n) is 3.53. The predicted molar refractivity (Wildman–Crippen MR) is 129 cm³/mol. The second kappa shape index (κ2) is 9.40. The van der Waals surface area contributed by atoms with Gasteiger partial charge in [0.25, 0.3) is 0 Å². The minimum Gasteiger partial charge on any atom is -0.274 e. The average molecular weight is 485 g/mol. The molecule has 2 aromatic carbocycles. The largest absolute Gasteiger partial charge is 0.274 e. The zero-order valence-corrected chi connectivity index (χ0v) is 20.4. The van der Waals surface area contributed by atoms with Gasteiger partial charge in [-0.15, -0.1) is 16.4 Å². The number of hydrogen-bond donors (Lipinski definition) is 0. The molecule has 0 radical (unpaired) electrons. The lowest BCUT2D eigenvalue weighted by molar-refractivity contribution is -0.115. The van der Waals surface area contributed by atoms with Crippen LogP contribution in [0.3, 0.4) is 0 Å². The monoisotopic (exact) mass is 484 g/mol. The summed E-state index contributed by atoms with van der Waals surface area (Å²) in [6.45, 7) is 7.66. The SMILES string of the molecule is CC(=O)N(c1nc(CSc2nnnn2-c2ccc(Cl)cc2)cs1)c1c(C)cc(C)cc1C. The fourth-order valence-corrected chi connectivity index (χ4v) is 5.42. The number of hydrogen-bond acceptors (Lipinski definition) is 7. The van der Waals surface area contributed by atoms with Crippen LogP contribution in [0.15, 0.2) is 46.9 Å². The summed E-state index contributed by atoms with van der Waals surface area (Å²) in [4.78, 5) is 19.0. The van der Waals surface area contributed by atoms with Crippen molar-refractivity contribution >= 4 is 51.4 Å². The maximum absolute atomic E-state index is 12.6. The van der Waals surface area contributed by atoms with Crippen molar-refractivity contribution in [3.05, 3.63) is 69.2 Å². The predicted octanol–water partition coefficient (Wildman–Crippen LogP) is 5.67. The first-order chi connectivity index (χ1) is 15.3. The van der Waals surface area contributed by atoms with Crippen LogP contribution in [0, 0.1) is 20.8 Å². The smallest absolute Gasteiger partial charge is 0.230 e. The number of anilines is 2. The minimum absolute atomic E-state index is 0.0692. The highest BCUT2D eigenvalue weighted by Gasteiger charge is 2.22. The van der Waals surface area contributed by atoms with Crippen LogP contribution in [0.1, 0.15) is 29.3 Å². The number of rotatable bonds is 6. The molecule has 0 unspecified atom stereocenters. The van der Waals surface area contributed by atoms with Gasteiger partial charge in [-0.05, 0) is 66.6 Å². The summed E-state index contributed by atoms with van der Waals surface area (Å²) in [6.07, 6.45) is 0. The molecule has 2 aromatic heterocycles. The molecular formula is C22H21ClN6OS2. The van der Waals surface area contributed by atoms with E-state index in [0.29, 0.717) is 21.1 Å². The van der Waals surface area contributed by atoms with E-state index < -0.39 is 0 Å². The number of aromatic nitrogens is 5. The molecular weight excluding hydrogens is 464 g/mol. The standard InChI is InChI=1S/C22H21ClN6OS2/c1-13-9-14(2)20(15(3)10-13)28(16(4)30)21-24-18(11-31-21)12-32-22-25-26-27-29(22)19-7-5-17(23)6-8-19/h5-11H,12H2,1-4H3. The molecule has 0 aliphatic rings. The summed E-state index contributed by atoms with van der Waals surface area (Å²) in [7, 11) is 0. The van der Waals surface area contributed by atoms with E-state index in [4.69, 9.17) is 16.6 Å². The van der Waals surface area contributed by atoms with Crippen LogP contribution < -0.4 is 4.90 Å². The van der Waals surface area contributed by atoms with E-state index in [9.17, 15) is 4.79 Å². The summed E-state index contributed by atoms with van der Waals surface area (Å²) in [6, 6.07) is 11.5. The third kappa shape index (κ3) is 4.69. The third-order valence-corrected chi connectivity index (χ3v) is 6.85. The van der Waals surface area contributed by atoms with Crippen molar-refractivity contribution in [1.82, 2.24) is 25.2 Å². The van der Waals surface area contributed by atoms with Gasteiger partial charge in [0.1, 0.15) is 0 Å². The Morgan fingerprint density at radius 2 is 1.84 bits per heavy atom. The highest BCUT2D eigenvalue weighted by Crippen LogP contribution is 2.35. The van der Waals surface area contributed by atoms with Crippen molar-refractivity contribution in [3.63, 3.8) is 0 Å². The molecule has 0 fully saturated rings. The molecule has 0 aliphatic heterocycles. The maximum atomic E-state index is 12.6. The molecule has 32 heavy (non-hydrogen) atoms. The van der Waals surface area contributed by atoms with Gasteiger partial charge >= 0.3 is 0 Å². The molecule has 0 spiro atoms. The van der Waals surface area contributed by atoms with Crippen LogP contribution >= 0.6 is 34.7 Å². The van der Waals surface area contributed by atoms with Crippen LogP contribution in [0.2, 0.25) is 5.02 Å². The number of halogens is 1. The molecule has 164 valence electrons. The first-order valence-electron chi connectivity index (χ1n) is 9.83. The number of thiazole rings is 1. The zero-order valence-electron chi connectivity index (χ0n) is 18.0. The van der Waals surface area contributed by atoms with Gasteiger partial charge < -0.3 is 0 Å². The third-order valence-electron chi connectivity index (χ3n) is 4.77. The number of benzene rings is 2. The zero-order chi connectivity index (χ0) is 22.8. The van der Waals surface area contributed by atoms with Gasteiger partial charge in [0.05, 0.1) is 17.1 Å². The number of tetrazole rings is 1. The summed E-state index contributed by atoms with van der Waals surface area (Å²) in [5.41, 5.74) is 5.84. The van der Waals surface area contributed by atoms with Crippen molar-refractivity contribution < 1.29 is 4.79 Å². The molecule has 0 saturated heterocycles. The van der Waals surface area contributed by atoms with Gasteiger partial charge in [0, 0.05) is 23.1 Å². The normalized spacial score (nSPS) is 11.0. The Labute approximate surface area is 199 Å². The summed E-state index contributed by atoms with van der Waals surface area (Å²) in [5.74, 6) is 0.502. The summed E-state index contributed by atoms with van der Waals surface area (Å²) in [5, 5.41) is 15.9. The van der Waals surface area contributed by atoms with Gasteiger partial charge in [-0.1, -0.05) is 41.1 Å². The summed E-state index contributed by atoms with van der Waals surface area (Å²) < 4.78 is 1.66. The van der Waals surface area contributed by atoms with E-state index in [-0.39, 0.29) is 5.91 Å². The van der Waals surface area contributed by atoms with Crippen molar-refractivity contribution in [3.8, 4) is 5.69 Å². The van der Waals surface area contributed by atoms with Gasteiger partial charge in [-0.25, -0.2) is 4.98 Å². The van der Waals surface area contributed by atoms with Crippen LogP contribution in [-0.2, 0) is 10.5 Å². The molecule has 7 nitrogen and oxygen atoms in total. The van der Waals surface area contributed by atoms with E-state index in [1.165, 1.54) is 28.7 Å². The van der Waals surface area contributed by atoms with Crippen molar-refractivity contribution in [2.45, 2.75) is 38.6 Å². The quantitative estimate of drug-likeness (QED) is 0.328. The number of aryl methyl sites for hydroxylation is 3. The maximum Gasteiger partial charge on any atom is 0.230 e. The molecule has 4 rings (SSSR count). The minimum atomic E-state index is -0.0692. The first kappa shape index (κ1) is 22.4. The Morgan fingerprint density at radius 3 is 2.50 bits per heavy atom. The van der Waals surface area contributed by atoms with Crippen LogP contribution in [0.4, 0.5) is 10.8 Å². The van der Waals surface area contributed by atoms with E-state index in [0.717, 1.165) is 28.2 Å². The number of carbonyl (C=O) groups excluding carboxylic acids is 1. The van der Waals surface area contributed by atoms with Crippen LogP contribution in [0.5, 0.6) is 0 Å². The highest BCUT2D eigenvalue weighted by atomic mass is 35.5. The lowest BCUT2D eigenvalue weighted by Gasteiger charge is -2.23. The van der Waals surface area contributed by atoms with E-state index in [1.807, 2.05) is 31.4 Å². The number of amides is 1. The lowest BCUT2D eigenvalue weighted by atomic mass is 10.0. The van der Waals surface area contributed by atoms with E-state index >= 15 is 0 Å². The molecule has 4 aromatic rings. The van der Waals surface area contributed by atoms with Gasteiger partial charge in [0.2, 0.25) is 11.1 Å². The Balaban J connectivity index is 1.55. The molecule has 1 amide bonds. The molecule has 2 heterocycles. The summed E-state index contributed by atoms with van der Waals surface area (Å²) >= 11 is 8.90. The Morgan fingerprint density at radius 1 is 1.16 bits per heavy atom. The van der Waals surface area contributed by atoms with E-state index in [1.54, 1.807) is 28.6 Å². The second-order valence-corrected chi connectivity index (χ2v) is 9.58. The average Bonchev–Trinajstić information content (AvgIpc) is 3.38. The highest BCUT2D eigenvalue weighted by molar-refractivity contribution is 7.98. The van der Waals surface area contributed by atoms with Gasteiger partial charge in [-0.2, -0.15) is 4.68 Å². The topological polar surface area (TPSA) is 76.8 Å². The van der Waals surface area contributed by atoms with Gasteiger partial charge in [0.15, 0.2) is 5.13 Å². The molecule has 0 bridgehead atoms. The molecule has 0 aliphatic carbocycles. The number of thioether (sulfide) groups is 1. The molecule has 0 atom stereocenters. The Kier molecular flexibility index (Phi) is 6.59. The van der Waals surface area contributed by atoms with Gasteiger partial charge in [-0.3, -0.25) is 9.69 Å². The van der Waals surface area contributed by atoms with Crippen molar-refractivity contribution in [1.29, 1.82) is 0 Å². The van der Waals surface area contributed by atoms with Crippen molar-refractivity contribution in [2.24, 2.45) is 0 Å². The number of carbonyl (C=O) groups is 1.